The van der Waals surface area contributed by atoms with Crippen molar-refractivity contribution in [2.75, 3.05) is 11.1 Å². The summed E-state index contributed by atoms with van der Waals surface area (Å²) in [5.41, 5.74) is 5.63. The van der Waals surface area contributed by atoms with Crippen molar-refractivity contribution in [3.63, 3.8) is 0 Å². The van der Waals surface area contributed by atoms with Crippen LogP contribution in [0.3, 0.4) is 0 Å². The number of anilines is 1. The van der Waals surface area contributed by atoms with Crippen LogP contribution in [0.2, 0.25) is 0 Å². The van der Waals surface area contributed by atoms with Gasteiger partial charge in [-0.3, -0.25) is 4.79 Å². The van der Waals surface area contributed by atoms with Crippen LogP contribution in [0.25, 0.3) is 11.3 Å². The minimum atomic E-state index is -0.134. The van der Waals surface area contributed by atoms with Crippen molar-refractivity contribution < 1.29 is 9.21 Å². The van der Waals surface area contributed by atoms with Crippen molar-refractivity contribution in [2.24, 2.45) is 0 Å². The van der Waals surface area contributed by atoms with Crippen LogP contribution in [0.4, 0.5) is 5.13 Å². The predicted molar refractivity (Wildman–Crippen MR) is 119 cm³/mol. The van der Waals surface area contributed by atoms with Gasteiger partial charge in [0.05, 0.1) is 24.3 Å². The van der Waals surface area contributed by atoms with Crippen LogP contribution in [-0.4, -0.2) is 31.4 Å². The second-order valence-electron chi connectivity index (χ2n) is 6.95. The maximum Gasteiger partial charge on any atom is 0.236 e. The quantitative estimate of drug-likeness (QED) is 0.420. The number of amides is 1. The Morgan fingerprint density at radius 1 is 1.23 bits per heavy atom. The smallest absolute Gasteiger partial charge is 0.236 e. The van der Waals surface area contributed by atoms with E-state index in [0.717, 1.165) is 17.0 Å². The molecule has 0 saturated heterocycles. The van der Waals surface area contributed by atoms with Gasteiger partial charge in [-0.2, -0.15) is 0 Å². The predicted octanol–water partition coefficient (Wildman–Crippen LogP) is 4.70. The van der Waals surface area contributed by atoms with E-state index in [1.54, 1.807) is 12.6 Å². The van der Waals surface area contributed by atoms with Crippen LogP contribution in [0, 0.1) is 20.8 Å². The fraction of sp³-hybridized carbons (Fsp3) is 0.238. The zero-order valence-corrected chi connectivity index (χ0v) is 18.5. The molecule has 0 atom stereocenters. The summed E-state index contributed by atoms with van der Waals surface area (Å²) >= 11 is 2.75. The molecule has 7 nitrogen and oxygen atoms in total. The van der Waals surface area contributed by atoms with Gasteiger partial charge in [-0.05, 0) is 55.7 Å². The highest BCUT2D eigenvalue weighted by Gasteiger charge is 2.13. The molecule has 0 spiro atoms. The van der Waals surface area contributed by atoms with E-state index in [9.17, 15) is 4.79 Å². The second kappa shape index (κ2) is 8.85. The molecule has 0 saturated carbocycles. The summed E-state index contributed by atoms with van der Waals surface area (Å²) in [6, 6.07) is 8.03. The largest absolute Gasteiger partial charge is 0.467 e. The molecule has 1 aromatic carbocycles. The third-order valence-corrected chi connectivity index (χ3v) is 6.42. The second-order valence-corrected chi connectivity index (χ2v) is 8.75. The molecule has 0 bridgehead atoms. The first kappa shape index (κ1) is 20.4. The molecule has 4 rings (SSSR count). The molecule has 1 N–H and O–H groups in total. The third kappa shape index (κ3) is 4.63. The lowest BCUT2D eigenvalue weighted by Crippen LogP contribution is -2.14. The molecule has 30 heavy (non-hydrogen) atoms. The summed E-state index contributed by atoms with van der Waals surface area (Å²) in [5.74, 6) is 0.886. The Balaban J connectivity index is 1.37. The lowest BCUT2D eigenvalue weighted by Gasteiger charge is -2.07. The molecule has 0 unspecified atom stereocenters. The average molecular weight is 440 g/mol. The van der Waals surface area contributed by atoms with E-state index in [1.807, 2.05) is 22.1 Å². The Morgan fingerprint density at radius 2 is 2.07 bits per heavy atom. The molecule has 9 heteroatoms. The maximum absolute atomic E-state index is 12.4. The number of thioether (sulfide) groups is 1. The molecule has 0 aliphatic carbocycles. The van der Waals surface area contributed by atoms with Crippen LogP contribution in [0.1, 0.15) is 22.5 Å². The van der Waals surface area contributed by atoms with Crippen LogP contribution < -0.4 is 5.32 Å². The fourth-order valence-corrected chi connectivity index (χ4v) is 4.45. The lowest BCUT2D eigenvalue weighted by molar-refractivity contribution is -0.113. The summed E-state index contributed by atoms with van der Waals surface area (Å²) < 4.78 is 7.20. The lowest BCUT2D eigenvalue weighted by atomic mass is 9.99. The number of furan rings is 1. The Bertz CT molecular complexity index is 1160. The van der Waals surface area contributed by atoms with Crippen molar-refractivity contribution in [3.05, 3.63) is 64.7 Å². The van der Waals surface area contributed by atoms with Crippen molar-refractivity contribution in [2.45, 2.75) is 32.5 Å². The number of carbonyl (C=O) groups excluding carboxylic acids is 1. The molecule has 3 heterocycles. The summed E-state index contributed by atoms with van der Waals surface area (Å²) in [6.07, 6.45) is 3.25. The summed E-state index contributed by atoms with van der Waals surface area (Å²) in [4.78, 5) is 17.0. The van der Waals surface area contributed by atoms with E-state index in [2.05, 4.69) is 53.4 Å². The number of carbonyl (C=O) groups is 1. The third-order valence-electron chi connectivity index (χ3n) is 4.69. The highest BCUT2D eigenvalue weighted by Crippen LogP contribution is 2.29. The number of thiazole rings is 1. The summed E-state index contributed by atoms with van der Waals surface area (Å²) in [7, 11) is 0. The minimum absolute atomic E-state index is 0.134. The van der Waals surface area contributed by atoms with Crippen molar-refractivity contribution in [1.82, 2.24) is 19.7 Å². The molecule has 154 valence electrons. The molecule has 0 radical (unpaired) electrons. The van der Waals surface area contributed by atoms with Gasteiger partial charge in [-0.1, -0.05) is 17.8 Å². The number of rotatable bonds is 7. The Kier molecular flexibility index (Phi) is 6.01. The summed E-state index contributed by atoms with van der Waals surface area (Å²) in [6.45, 7) is 6.80. The first-order valence-electron chi connectivity index (χ1n) is 9.36. The van der Waals surface area contributed by atoms with E-state index in [-0.39, 0.29) is 11.7 Å². The van der Waals surface area contributed by atoms with Gasteiger partial charge in [0.25, 0.3) is 0 Å². The highest BCUT2D eigenvalue weighted by molar-refractivity contribution is 7.99. The number of hydrogen-bond donors (Lipinski definition) is 1. The molecule has 0 aliphatic rings. The number of hydrogen-bond acceptors (Lipinski definition) is 7. The van der Waals surface area contributed by atoms with Gasteiger partial charge < -0.3 is 14.3 Å². The number of nitrogens with one attached hydrogen (secondary N) is 1. The number of aryl methyl sites for hydroxylation is 3. The number of nitrogens with zero attached hydrogens (tertiary/aromatic N) is 4. The first-order chi connectivity index (χ1) is 14.5. The van der Waals surface area contributed by atoms with Gasteiger partial charge in [0.2, 0.25) is 5.91 Å². The minimum Gasteiger partial charge on any atom is -0.467 e. The van der Waals surface area contributed by atoms with Gasteiger partial charge in [-0.25, -0.2) is 4.98 Å². The van der Waals surface area contributed by atoms with E-state index < -0.39 is 0 Å². The fourth-order valence-electron chi connectivity index (χ4n) is 3.01. The van der Waals surface area contributed by atoms with Gasteiger partial charge in [0, 0.05) is 10.9 Å². The molecule has 3 aromatic heterocycles. The Morgan fingerprint density at radius 3 is 2.87 bits per heavy atom. The molecule has 0 aliphatic heterocycles. The Labute approximate surface area is 182 Å². The van der Waals surface area contributed by atoms with E-state index in [1.165, 1.54) is 39.8 Å². The topological polar surface area (TPSA) is 85.8 Å². The van der Waals surface area contributed by atoms with E-state index in [4.69, 9.17) is 4.42 Å². The van der Waals surface area contributed by atoms with Crippen LogP contribution in [0.15, 0.2) is 51.8 Å². The summed E-state index contributed by atoms with van der Waals surface area (Å²) in [5, 5.41) is 14.1. The highest BCUT2D eigenvalue weighted by atomic mass is 32.2. The zero-order chi connectivity index (χ0) is 21.1. The van der Waals surface area contributed by atoms with Crippen LogP contribution in [0.5, 0.6) is 0 Å². The van der Waals surface area contributed by atoms with Crippen LogP contribution >= 0.6 is 23.1 Å². The normalized spacial score (nSPS) is 11.0. The average Bonchev–Trinajstić information content (AvgIpc) is 3.46. The SMILES string of the molecule is Cc1cc(C)c(-c2csc(NC(=O)CSc3nncn3Cc3ccco3)n2)cc1C. The number of benzene rings is 1. The van der Waals surface area contributed by atoms with Gasteiger partial charge in [0.1, 0.15) is 12.1 Å². The van der Waals surface area contributed by atoms with Crippen molar-refractivity contribution in [1.29, 1.82) is 0 Å². The van der Waals surface area contributed by atoms with Crippen LogP contribution in [-0.2, 0) is 11.3 Å². The van der Waals surface area contributed by atoms with Gasteiger partial charge in [0.15, 0.2) is 10.3 Å². The molecular formula is C21H21N5O2S2. The van der Waals surface area contributed by atoms with Gasteiger partial charge >= 0.3 is 0 Å². The Hall–Kier alpha value is -2.91. The van der Waals surface area contributed by atoms with Crippen molar-refractivity contribution >= 4 is 34.1 Å². The zero-order valence-electron chi connectivity index (χ0n) is 16.9. The molecular weight excluding hydrogens is 418 g/mol. The molecule has 1 amide bonds. The van der Waals surface area contributed by atoms with E-state index >= 15 is 0 Å². The van der Waals surface area contributed by atoms with Crippen molar-refractivity contribution in [3.8, 4) is 11.3 Å². The molecule has 4 aromatic rings. The standard InChI is InChI=1S/C21H21N5O2S2/c1-13-7-15(3)17(8-14(13)2)18-10-29-20(23-18)24-19(27)11-30-21-25-22-12-26(21)9-16-5-4-6-28-16/h4-8,10,12H,9,11H2,1-3H3,(H,23,24,27). The maximum atomic E-state index is 12.4. The number of aromatic nitrogens is 4. The molecule has 0 fully saturated rings. The van der Waals surface area contributed by atoms with E-state index in [0.29, 0.717) is 16.8 Å². The monoisotopic (exact) mass is 439 g/mol. The van der Waals surface area contributed by atoms with Gasteiger partial charge in [-0.15, -0.1) is 21.5 Å². The first-order valence-corrected chi connectivity index (χ1v) is 11.2.